The van der Waals surface area contributed by atoms with Crippen molar-refractivity contribution in [1.29, 1.82) is 0 Å². The first-order valence-electron chi connectivity index (χ1n) is 6.66. The van der Waals surface area contributed by atoms with Gasteiger partial charge in [-0.1, -0.05) is 34.1 Å². The molecule has 1 aromatic rings. The third kappa shape index (κ3) is 5.82. The van der Waals surface area contributed by atoms with Crippen molar-refractivity contribution in [2.45, 2.75) is 13.0 Å². The number of hydrogen-bond donors (Lipinski definition) is 2. The second-order valence-electron chi connectivity index (χ2n) is 4.68. The highest BCUT2D eigenvalue weighted by Gasteiger charge is 2.11. The summed E-state index contributed by atoms with van der Waals surface area (Å²) in [5.41, 5.74) is 1.11. The SMILES string of the molecule is CN(Cc1ccccc1Br)C(=O)CCNC1=NCCN1.I. The summed E-state index contributed by atoms with van der Waals surface area (Å²) in [6.45, 7) is 2.89. The van der Waals surface area contributed by atoms with Crippen LogP contribution >= 0.6 is 39.9 Å². The average molecular weight is 467 g/mol. The van der Waals surface area contributed by atoms with E-state index in [0.29, 0.717) is 19.5 Å². The van der Waals surface area contributed by atoms with Gasteiger partial charge in [0.25, 0.3) is 0 Å². The first-order valence-corrected chi connectivity index (χ1v) is 7.45. The van der Waals surface area contributed by atoms with Crippen LogP contribution in [0.4, 0.5) is 0 Å². The number of amides is 1. The van der Waals surface area contributed by atoms with Crippen LogP contribution in [0.25, 0.3) is 0 Å². The van der Waals surface area contributed by atoms with Gasteiger partial charge in [-0.2, -0.15) is 0 Å². The number of carbonyl (C=O) groups excluding carboxylic acids is 1. The topological polar surface area (TPSA) is 56.7 Å². The quantitative estimate of drug-likeness (QED) is 0.652. The number of aliphatic imine (C=N–C) groups is 1. The Kier molecular flexibility index (Phi) is 8.02. The van der Waals surface area contributed by atoms with Gasteiger partial charge in [0.2, 0.25) is 5.91 Å². The van der Waals surface area contributed by atoms with E-state index in [4.69, 9.17) is 0 Å². The third-order valence-electron chi connectivity index (χ3n) is 3.10. The van der Waals surface area contributed by atoms with Crippen LogP contribution in [-0.4, -0.2) is 43.4 Å². The maximum atomic E-state index is 12.0. The molecule has 0 radical (unpaired) electrons. The molecule has 2 rings (SSSR count). The molecular formula is C14H20BrIN4O. The average Bonchev–Trinajstić information content (AvgIpc) is 2.94. The van der Waals surface area contributed by atoms with Gasteiger partial charge in [-0.25, -0.2) is 0 Å². The molecule has 1 aliphatic heterocycles. The van der Waals surface area contributed by atoms with E-state index in [0.717, 1.165) is 29.1 Å². The Morgan fingerprint density at radius 2 is 2.24 bits per heavy atom. The van der Waals surface area contributed by atoms with E-state index in [1.54, 1.807) is 4.90 Å². The summed E-state index contributed by atoms with van der Waals surface area (Å²) in [6.07, 6.45) is 0.460. The second kappa shape index (κ2) is 9.24. The molecule has 0 atom stereocenters. The molecule has 0 fully saturated rings. The summed E-state index contributed by atoms with van der Waals surface area (Å²) in [4.78, 5) is 18.0. The number of nitrogens with zero attached hydrogens (tertiary/aromatic N) is 2. The normalized spacial score (nSPS) is 13.0. The molecule has 0 unspecified atom stereocenters. The van der Waals surface area contributed by atoms with E-state index in [2.05, 4.69) is 31.6 Å². The van der Waals surface area contributed by atoms with Gasteiger partial charge in [-0.15, -0.1) is 24.0 Å². The van der Waals surface area contributed by atoms with Gasteiger partial charge in [0.05, 0.1) is 6.54 Å². The maximum Gasteiger partial charge on any atom is 0.224 e. The summed E-state index contributed by atoms with van der Waals surface area (Å²) in [5, 5.41) is 6.24. The van der Waals surface area contributed by atoms with Crippen molar-refractivity contribution >= 4 is 51.8 Å². The highest BCUT2D eigenvalue weighted by atomic mass is 127. The molecule has 1 aromatic carbocycles. The van der Waals surface area contributed by atoms with E-state index in [-0.39, 0.29) is 29.9 Å². The van der Waals surface area contributed by atoms with Gasteiger partial charge in [-0.3, -0.25) is 9.79 Å². The summed E-state index contributed by atoms with van der Waals surface area (Å²) >= 11 is 3.50. The number of carbonyl (C=O) groups is 1. The first kappa shape index (κ1) is 18.2. The minimum atomic E-state index is 0. The van der Waals surface area contributed by atoms with Crippen LogP contribution in [0.3, 0.4) is 0 Å². The molecule has 1 amide bonds. The van der Waals surface area contributed by atoms with Crippen molar-refractivity contribution in [2.24, 2.45) is 4.99 Å². The Morgan fingerprint density at radius 1 is 1.48 bits per heavy atom. The number of guanidine groups is 1. The van der Waals surface area contributed by atoms with E-state index >= 15 is 0 Å². The highest BCUT2D eigenvalue weighted by Crippen LogP contribution is 2.17. The minimum Gasteiger partial charge on any atom is -0.356 e. The van der Waals surface area contributed by atoms with Crippen LogP contribution in [0.5, 0.6) is 0 Å². The standard InChI is InChI=1S/C14H19BrN4O.HI/c1-19(10-11-4-2-3-5-12(11)15)13(20)6-7-16-14-17-8-9-18-14;/h2-5H,6-10H2,1H3,(H2,16,17,18);1H. The molecular weight excluding hydrogens is 447 g/mol. The van der Waals surface area contributed by atoms with Crippen molar-refractivity contribution in [1.82, 2.24) is 15.5 Å². The zero-order chi connectivity index (χ0) is 14.4. The predicted octanol–water partition coefficient (Wildman–Crippen LogP) is 1.96. The van der Waals surface area contributed by atoms with Gasteiger partial charge in [0.1, 0.15) is 0 Å². The molecule has 0 saturated heterocycles. The lowest BCUT2D eigenvalue weighted by molar-refractivity contribution is -0.130. The lowest BCUT2D eigenvalue weighted by atomic mass is 10.2. The summed E-state index contributed by atoms with van der Waals surface area (Å²) < 4.78 is 1.03. The minimum absolute atomic E-state index is 0. The fourth-order valence-corrected chi connectivity index (χ4v) is 2.38. The largest absolute Gasteiger partial charge is 0.356 e. The number of benzene rings is 1. The predicted molar refractivity (Wildman–Crippen MR) is 99.0 cm³/mol. The van der Waals surface area contributed by atoms with Crippen LogP contribution in [0.15, 0.2) is 33.7 Å². The van der Waals surface area contributed by atoms with Crippen molar-refractivity contribution in [3.63, 3.8) is 0 Å². The van der Waals surface area contributed by atoms with Gasteiger partial charge < -0.3 is 15.5 Å². The monoisotopic (exact) mass is 466 g/mol. The highest BCUT2D eigenvalue weighted by molar-refractivity contribution is 14.0. The number of hydrogen-bond acceptors (Lipinski definition) is 4. The van der Waals surface area contributed by atoms with Gasteiger partial charge in [-0.05, 0) is 11.6 Å². The Morgan fingerprint density at radius 3 is 2.90 bits per heavy atom. The van der Waals surface area contributed by atoms with Crippen molar-refractivity contribution in [3.05, 3.63) is 34.3 Å². The zero-order valence-corrected chi connectivity index (χ0v) is 15.9. The number of halogens is 2. The molecule has 1 aliphatic rings. The molecule has 0 bridgehead atoms. The number of nitrogens with one attached hydrogen (secondary N) is 2. The molecule has 2 N–H and O–H groups in total. The molecule has 7 heteroatoms. The smallest absolute Gasteiger partial charge is 0.224 e. The Bertz CT molecular complexity index is 510. The van der Waals surface area contributed by atoms with Crippen LogP contribution in [-0.2, 0) is 11.3 Å². The van der Waals surface area contributed by atoms with Crippen molar-refractivity contribution < 1.29 is 4.79 Å². The fourth-order valence-electron chi connectivity index (χ4n) is 1.97. The van der Waals surface area contributed by atoms with E-state index < -0.39 is 0 Å². The van der Waals surface area contributed by atoms with Crippen LogP contribution in [0.2, 0.25) is 0 Å². The van der Waals surface area contributed by atoms with Crippen LogP contribution in [0.1, 0.15) is 12.0 Å². The zero-order valence-electron chi connectivity index (χ0n) is 11.9. The molecule has 5 nitrogen and oxygen atoms in total. The molecule has 0 aromatic heterocycles. The fraction of sp³-hybridized carbons (Fsp3) is 0.429. The Hall–Kier alpha value is -0.830. The molecule has 1 heterocycles. The van der Waals surface area contributed by atoms with Gasteiger partial charge >= 0.3 is 0 Å². The van der Waals surface area contributed by atoms with E-state index in [1.165, 1.54) is 0 Å². The lowest BCUT2D eigenvalue weighted by Crippen LogP contribution is -2.36. The molecule has 0 aliphatic carbocycles. The summed E-state index contributed by atoms with van der Waals surface area (Å²) in [7, 11) is 1.83. The molecule has 0 saturated carbocycles. The summed E-state index contributed by atoms with van der Waals surface area (Å²) in [6, 6.07) is 7.95. The van der Waals surface area contributed by atoms with Crippen molar-refractivity contribution in [3.8, 4) is 0 Å². The lowest BCUT2D eigenvalue weighted by Gasteiger charge is -2.18. The molecule has 0 spiro atoms. The summed E-state index contributed by atoms with van der Waals surface area (Å²) in [5.74, 6) is 0.915. The Labute approximate surface area is 150 Å². The van der Waals surface area contributed by atoms with Gasteiger partial charge in [0.15, 0.2) is 5.96 Å². The van der Waals surface area contributed by atoms with E-state index in [1.807, 2.05) is 31.3 Å². The Balaban J connectivity index is 0.00000220. The second-order valence-corrected chi connectivity index (χ2v) is 5.53. The third-order valence-corrected chi connectivity index (χ3v) is 3.87. The first-order chi connectivity index (χ1) is 9.66. The number of rotatable bonds is 5. The molecule has 116 valence electrons. The van der Waals surface area contributed by atoms with Crippen molar-refractivity contribution in [2.75, 3.05) is 26.7 Å². The van der Waals surface area contributed by atoms with Gasteiger partial charge in [0, 0.05) is 37.6 Å². The van der Waals surface area contributed by atoms with Crippen LogP contribution in [0, 0.1) is 0 Å². The van der Waals surface area contributed by atoms with Crippen LogP contribution < -0.4 is 10.6 Å². The maximum absolute atomic E-state index is 12.0. The van der Waals surface area contributed by atoms with E-state index in [9.17, 15) is 4.79 Å². The molecule has 21 heavy (non-hydrogen) atoms.